The quantitative estimate of drug-likeness (QED) is 0.714. The smallest absolute Gasteiger partial charge is 0.407 e. The summed E-state index contributed by atoms with van der Waals surface area (Å²) in [5.41, 5.74) is 4.50. The summed E-state index contributed by atoms with van der Waals surface area (Å²) in [6.07, 6.45) is 2.27. The van der Waals surface area contributed by atoms with Crippen molar-refractivity contribution in [3.05, 3.63) is 0 Å². The lowest BCUT2D eigenvalue weighted by Gasteiger charge is -2.27. The fourth-order valence-corrected chi connectivity index (χ4v) is 2.96. The molecule has 0 aliphatic carbocycles. The second kappa shape index (κ2) is 10.2. The van der Waals surface area contributed by atoms with Gasteiger partial charge in [0.25, 0.3) is 5.91 Å². The molecular formula is C18H33N3O5. The van der Waals surface area contributed by atoms with Gasteiger partial charge in [-0.2, -0.15) is 0 Å². The molecule has 0 aromatic heterocycles. The molecule has 2 atom stereocenters. The minimum atomic E-state index is -0.930. The number of carbonyl (C=O) groups is 3. The molecule has 150 valence electrons. The summed E-state index contributed by atoms with van der Waals surface area (Å²) in [6.45, 7) is 8.58. The van der Waals surface area contributed by atoms with Crippen molar-refractivity contribution in [2.75, 3.05) is 13.1 Å². The van der Waals surface area contributed by atoms with Crippen molar-refractivity contribution < 1.29 is 23.9 Å². The van der Waals surface area contributed by atoms with Gasteiger partial charge in [-0.15, -0.1) is 0 Å². The van der Waals surface area contributed by atoms with Crippen molar-refractivity contribution in [1.82, 2.24) is 10.2 Å². The number of nitrogens with zero attached hydrogens (tertiary/aromatic N) is 1. The number of carbonyl (C=O) groups excluding carboxylic acids is 3. The summed E-state index contributed by atoms with van der Waals surface area (Å²) in [5, 5.41) is 2.88. The van der Waals surface area contributed by atoms with Gasteiger partial charge in [-0.05, 0) is 52.9 Å². The molecule has 1 heterocycles. The van der Waals surface area contributed by atoms with E-state index in [9.17, 15) is 14.4 Å². The Kier molecular flexibility index (Phi) is 8.68. The van der Waals surface area contributed by atoms with Crippen molar-refractivity contribution in [3.63, 3.8) is 0 Å². The lowest BCUT2D eigenvalue weighted by Crippen LogP contribution is -2.44. The molecule has 1 rings (SSSR count). The number of alkyl carbamates (subject to hydrolysis) is 1. The second-order valence-electron chi connectivity index (χ2n) is 7.67. The van der Waals surface area contributed by atoms with E-state index in [4.69, 9.17) is 15.2 Å². The van der Waals surface area contributed by atoms with Crippen LogP contribution in [0.2, 0.25) is 0 Å². The van der Waals surface area contributed by atoms with E-state index in [1.807, 2.05) is 27.7 Å². The van der Waals surface area contributed by atoms with Gasteiger partial charge in [0.1, 0.15) is 5.60 Å². The lowest BCUT2D eigenvalue weighted by molar-refractivity contribution is -0.139. The Hall–Kier alpha value is -1.99. The van der Waals surface area contributed by atoms with E-state index in [0.29, 0.717) is 25.9 Å². The summed E-state index contributed by atoms with van der Waals surface area (Å²) in [5.74, 6) is -0.214. The van der Waals surface area contributed by atoms with E-state index in [2.05, 4.69) is 5.32 Å². The predicted octanol–water partition coefficient (Wildman–Crippen LogP) is 2.55. The Bertz CT molecular complexity index is 490. The van der Waals surface area contributed by atoms with Crippen LogP contribution in [0.4, 0.5) is 9.59 Å². The van der Waals surface area contributed by atoms with Crippen molar-refractivity contribution in [3.8, 4) is 0 Å². The Morgan fingerprint density at radius 2 is 2.00 bits per heavy atom. The zero-order chi connectivity index (χ0) is 19.7. The molecule has 1 aliphatic heterocycles. The molecule has 26 heavy (non-hydrogen) atoms. The molecule has 3 N–H and O–H groups in total. The molecule has 0 bridgehead atoms. The number of amides is 3. The van der Waals surface area contributed by atoms with E-state index in [1.165, 1.54) is 0 Å². The largest absolute Gasteiger partial charge is 0.444 e. The molecule has 1 aliphatic rings. The van der Waals surface area contributed by atoms with Gasteiger partial charge in [0.2, 0.25) is 0 Å². The summed E-state index contributed by atoms with van der Waals surface area (Å²) in [6, 6.07) is -0.0820. The summed E-state index contributed by atoms with van der Waals surface area (Å²) in [7, 11) is 0. The van der Waals surface area contributed by atoms with Crippen LogP contribution in [0.25, 0.3) is 0 Å². The first-order chi connectivity index (χ1) is 12.1. The molecule has 0 spiro atoms. The summed E-state index contributed by atoms with van der Waals surface area (Å²) < 4.78 is 10.3. The number of nitrogens with one attached hydrogen (secondary N) is 1. The molecule has 0 saturated carbocycles. The first-order valence-electron chi connectivity index (χ1n) is 9.36. The topological polar surface area (TPSA) is 111 Å². The van der Waals surface area contributed by atoms with Crippen LogP contribution in [0.3, 0.4) is 0 Å². The highest BCUT2D eigenvalue weighted by Gasteiger charge is 2.30. The van der Waals surface area contributed by atoms with Crippen molar-refractivity contribution >= 4 is 18.1 Å². The minimum Gasteiger partial charge on any atom is -0.444 e. The Labute approximate surface area is 155 Å². The fraction of sp³-hybridized carbons (Fsp3) is 0.833. The normalized spacial score (nSPS) is 19.5. The first-order valence-corrected chi connectivity index (χ1v) is 9.36. The molecule has 0 radical (unpaired) electrons. The van der Waals surface area contributed by atoms with Gasteiger partial charge in [0.05, 0.1) is 0 Å². The number of nitrogens with two attached hydrogens (primary N) is 1. The van der Waals surface area contributed by atoms with Crippen LogP contribution in [0.5, 0.6) is 0 Å². The van der Waals surface area contributed by atoms with Crippen molar-refractivity contribution in [1.29, 1.82) is 0 Å². The third kappa shape index (κ3) is 8.40. The number of rotatable bonds is 7. The highest BCUT2D eigenvalue weighted by molar-refractivity contribution is 5.83. The summed E-state index contributed by atoms with van der Waals surface area (Å²) in [4.78, 5) is 37.2. The van der Waals surface area contributed by atoms with Gasteiger partial charge in [-0.3, -0.25) is 4.79 Å². The molecular weight excluding hydrogens is 338 g/mol. The van der Waals surface area contributed by atoms with E-state index in [0.717, 1.165) is 25.7 Å². The first kappa shape index (κ1) is 22.1. The monoisotopic (exact) mass is 371 g/mol. The third-order valence-electron chi connectivity index (χ3n) is 4.10. The molecule has 1 fully saturated rings. The number of hydrogen-bond acceptors (Lipinski definition) is 5. The molecule has 3 amide bonds. The maximum Gasteiger partial charge on any atom is 0.407 e. The number of hydrogen-bond donors (Lipinski definition) is 2. The third-order valence-corrected chi connectivity index (χ3v) is 4.10. The average molecular weight is 371 g/mol. The zero-order valence-corrected chi connectivity index (χ0v) is 16.4. The van der Waals surface area contributed by atoms with Crippen LogP contribution in [0.1, 0.15) is 66.2 Å². The molecule has 0 aromatic carbocycles. The van der Waals surface area contributed by atoms with Crippen molar-refractivity contribution in [2.24, 2.45) is 5.73 Å². The minimum absolute atomic E-state index is 0.0820. The Morgan fingerprint density at radius 1 is 1.31 bits per heavy atom. The van der Waals surface area contributed by atoms with Crippen LogP contribution in [0.15, 0.2) is 0 Å². The SMILES string of the molecule is CCCC(CCN1CCCC[C@H](OC(N)=O)C1=O)NC(=O)OC(C)(C)C. The van der Waals surface area contributed by atoms with Gasteiger partial charge in [-0.25, -0.2) is 9.59 Å². The fourth-order valence-electron chi connectivity index (χ4n) is 2.96. The predicted molar refractivity (Wildman–Crippen MR) is 97.6 cm³/mol. The highest BCUT2D eigenvalue weighted by Crippen LogP contribution is 2.16. The van der Waals surface area contributed by atoms with Crippen LogP contribution in [-0.2, 0) is 14.3 Å². The molecule has 8 heteroatoms. The number of ether oxygens (including phenoxy) is 2. The molecule has 0 aromatic rings. The van der Waals surface area contributed by atoms with E-state index >= 15 is 0 Å². The maximum atomic E-state index is 12.5. The van der Waals surface area contributed by atoms with Crippen LogP contribution < -0.4 is 11.1 Å². The highest BCUT2D eigenvalue weighted by atomic mass is 16.6. The lowest BCUT2D eigenvalue weighted by atomic mass is 10.1. The van der Waals surface area contributed by atoms with Gasteiger partial charge in [0, 0.05) is 19.1 Å². The number of primary amides is 1. The van der Waals surface area contributed by atoms with E-state index in [1.54, 1.807) is 4.90 Å². The summed E-state index contributed by atoms with van der Waals surface area (Å²) >= 11 is 0. The Morgan fingerprint density at radius 3 is 2.58 bits per heavy atom. The van der Waals surface area contributed by atoms with Gasteiger partial charge < -0.3 is 25.4 Å². The molecule has 1 unspecified atom stereocenters. The Balaban J connectivity index is 2.61. The second-order valence-corrected chi connectivity index (χ2v) is 7.67. The van der Waals surface area contributed by atoms with Crippen LogP contribution in [0, 0.1) is 0 Å². The number of likely N-dealkylation sites (tertiary alicyclic amines) is 1. The molecule has 1 saturated heterocycles. The van der Waals surface area contributed by atoms with Crippen molar-refractivity contribution in [2.45, 2.75) is 84.0 Å². The standard InChI is InChI=1S/C18H33N3O5/c1-5-8-13(20-17(24)26-18(2,3)4)10-12-21-11-7-6-9-14(15(21)22)25-16(19)23/h13-14H,5-12H2,1-4H3,(H2,19,23)(H,20,24)/t13?,14-/m0/s1. The van der Waals surface area contributed by atoms with E-state index < -0.39 is 23.9 Å². The van der Waals surface area contributed by atoms with Gasteiger partial charge in [-0.1, -0.05) is 13.3 Å². The maximum absolute atomic E-state index is 12.5. The molecule has 8 nitrogen and oxygen atoms in total. The van der Waals surface area contributed by atoms with E-state index in [-0.39, 0.29) is 11.9 Å². The average Bonchev–Trinajstić information content (AvgIpc) is 2.65. The van der Waals surface area contributed by atoms with Crippen LogP contribution in [-0.4, -0.2) is 53.8 Å². The zero-order valence-electron chi connectivity index (χ0n) is 16.4. The van der Waals surface area contributed by atoms with Gasteiger partial charge in [0.15, 0.2) is 6.10 Å². The van der Waals surface area contributed by atoms with Crippen LogP contribution >= 0.6 is 0 Å². The van der Waals surface area contributed by atoms with Gasteiger partial charge >= 0.3 is 12.2 Å².